The minimum absolute atomic E-state index is 0.378. The Hall–Kier alpha value is -1.02. The van der Waals surface area contributed by atoms with Crippen LogP contribution in [0, 0.1) is 0 Å². The molecule has 0 N–H and O–H groups in total. The van der Waals surface area contributed by atoms with Gasteiger partial charge in [-0.15, -0.1) is 0 Å². The van der Waals surface area contributed by atoms with Gasteiger partial charge in [0, 0.05) is 0 Å². The van der Waals surface area contributed by atoms with Crippen molar-refractivity contribution in [3.8, 4) is 0 Å². The van der Waals surface area contributed by atoms with E-state index >= 15 is 0 Å². The van der Waals surface area contributed by atoms with E-state index in [9.17, 15) is 0 Å². The molecule has 4 aromatic carbocycles. The third kappa shape index (κ3) is 8.51. The predicted octanol–water partition coefficient (Wildman–Crippen LogP) is 8.33. The molecule has 0 nitrogen and oxygen atoms in total. The van der Waals surface area contributed by atoms with Crippen LogP contribution < -0.4 is 21.2 Å². The van der Waals surface area contributed by atoms with Crippen molar-refractivity contribution in [3.05, 3.63) is 121 Å². The molecule has 0 radical (unpaired) electrons. The van der Waals surface area contributed by atoms with Crippen LogP contribution in [-0.2, 0) is 13.5 Å². The molecule has 0 spiro atoms. The average molecular weight is 632 g/mol. The van der Waals surface area contributed by atoms with Gasteiger partial charge in [0.1, 0.15) is 0 Å². The average Bonchev–Trinajstić information content (AvgIpc) is 2.91. The molecule has 4 rings (SSSR count). The van der Waals surface area contributed by atoms with Crippen LogP contribution >= 0.6 is 34.9 Å². The van der Waals surface area contributed by atoms with Gasteiger partial charge in [-0.25, -0.2) is 0 Å². The summed E-state index contributed by atoms with van der Waals surface area (Å²) in [5, 5.41) is 5.73. The van der Waals surface area contributed by atoms with Crippen LogP contribution in [0.25, 0.3) is 0 Å². The van der Waals surface area contributed by atoms with Crippen LogP contribution in [0.4, 0.5) is 0 Å². The fourth-order valence-electron chi connectivity index (χ4n) is 4.07. The van der Waals surface area contributed by atoms with E-state index in [1.165, 1.54) is 21.2 Å². The molecule has 0 heterocycles. The van der Waals surface area contributed by atoms with Gasteiger partial charge in [0.05, 0.1) is 0 Å². The third-order valence-electron chi connectivity index (χ3n) is 5.72. The molecular weight excluding hydrogens is 600 g/mol. The second kappa shape index (κ2) is 14.1. The van der Waals surface area contributed by atoms with Crippen LogP contribution in [0.3, 0.4) is 0 Å². The van der Waals surface area contributed by atoms with E-state index in [4.69, 9.17) is 19.1 Å². The molecular formula is C30H32Cl2P2Pd. The molecule has 0 atom stereocenters. The van der Waals surface area contributed by atoms with E-state index in [1.807, 2.05) is 0 Å². The summed E-state index contributed by atoms with van der Waals surface area (Å²) in [5.41, 5.74) is 0. The Labute approximate surface area is 224 Å². The number of benzene rings is 4. The van der Waals surface area contributed by atoms with Crippen LogP contribution in [0.15, 0.2) is 121 Å². The minimum atomic E-state index is -2.40. The van der Waals surface area contributed by atoms with E-state index in [0.717, 1.165) is 35.0 Å². The van der Waals surface area contributed by atoms with Crippen molar-refractivity contribution in [3.63, 3.8) is 0 Å². The van der Waals surface area contributed by atoms with Crippen LogP contribution in [0.5, 0.6) is 0 Å². The second-order valence-corrected chi connectivity index (χ2v) is 23.2. The van der Waals surface area contributed by atoms with Crippen molar-refractivity contribution in [2.45, 2.75) is 22.6 Å². The number of hydrogen-bond acceptors (Lipinski definition) is 0. The quantitative estimate of drug-likeness (QED) is 0.109. The SMILES string of the molecule is [Cl][Pd]([Cl])([CH2]CCP(c1ccccc1)c1ccccc1)[CH2]CCP(c1ccccc1)c1ccccc1. The molecule has 186 valence electrons. The van der Waals surface area contributed by atoms with Crippen molar-refractivity contribution in [1.82, 2.24) is 0 Å². The van der Waals surface area contributed by atoms with Gasteiger partial charge < -0.3 is 0 Å². The molecule has 35 heavy (non-hydrogen) atoms. The molecule has 0 amide bonds. The zero-order chi connectivity index (χ0) is 24.3. The molecule has 0 aliphatic rings. The van der Waals surface area contributed by atoms with E-state index in [1.54, 1.807) is 0 Å². The van der Waals surface area contributed by atoms with E-state index in [-0.39, 0.29) is 15.8 Å². The second-order valence-electron chi connectivity index (χ2n) is 8.21. The van der Waals surface area contributed by atoms with Gasteiger partial charge in [0.2, 0.25) is 0 Å². The maximum atomic E-state index is 7.02. The molecule has 4 aromatic rings. The van der Waals surface area contributed by atoms with Gasteiger partial charge in [-0.05, 0) is 0 Å². The van der Waals surface area contributed by atoms with Gasteiger partial charge in [-0.2, -0.15) is 0 Å². The number of rotatable bonds is 12. The van der Waals surface area contributed by atoms with Crippen molar-refractivity contribution in [2.75, 3.05) is 12.3 Å². The first-order valence-corrected chi connectivity index (χ1v) is 21.1. The van der Waals surface area contributed by atoms with Gasteiger partial charge in [0.15, 0.2) is 0 Å². The predicted molar refractivity (Wildman–Crippen MR) is 158 cm³/mol. The first-order chi connectivity index (χ1) is 17.1. The van der Waals surface area contributed by atoms with Gasteiger partial charge in [-0.3, -0.25) is 0 Å². The number of halogens is 2. The third-order valence-corrected chi connectivity index (χ3v) is 17.1. The standard InChI is InChI=1S/2C15H16P.2ClH.Pd/c2*1-2-13-16(14-9-5-3-6-10-14)15-11-7-4-8-12-15;;;/h2*3-12H,1-2,13H2;2*1H;/q;;;;+2/p-2. The Morgan fingerprint density at radius 1 is 0.429 bits per heavy atom. The molecule has 0 fully saturated rings. The summed E-state index contributed by atoms with van der Waals surface area (Å²) in [6, 6.07) is 43.7. The zero-order valence-corrected chi connectivity index (χ0v) is 24.6. The zero-order valence-electron chi connectivity index (χ0n) is 19.8. The summed E-state index contributed by atoms with van der Waals surface area (Å²) in [4.78, 5) is 1.95. The Kier molecular flexibility index (Phi) is 10.9. The first-order valence-electron chi connectivity index (χ1n) is 11.9. The molecule has 0 aromatic heterocycles. The summed E-state index contributed by atoms with van der Waals surface area (Å²) >= 11 is -2.40. The summed E-state index contributed by atoms with van der Waals surface area (Å²) in [7, 11) is 13.3. The van der Waals surface area contributed by atoms with Crippen molar-refractivity contribution in [2.24, 2.45) is 0 Å². The van der Waals surface area contributed by atoms with E-state index in [2.05, 4.69) is 121 Å². The van der Waals surface area contributed by atoms with Crippen molar-refractivity contribution < 1.29 is 13.5 Å². The molecule has 0 aliphatic heterocycles. The fourth-order valence-corrected chi connectivity index (χ4v) is 14.1. The Bertz CT molecular complexity index is 956. The molecule has 0 bridgehead atoms. The van der Waals surface area contributed by atoms with Crippen LogP contribution in [0.2, 0.25) is 9.79 Å². The Balaban J connectivity index is 1.34. The van der Waals surface area contributed by atoms with E-state index < -0.39 is 13.5 Å². The molecule has 0 unspecified atom stereocenters. The fraction of sp³-hybridized carbons (Fsp3) is 0.200. The summed E-state index contributed by atoms with van der Waals surface area (Å²) in [6.45, 7) is 0. The van der Waals surface area contributed by atoms with Gasteiger partial charge in [0.25, 0.3) is 0 Å². The van der Waals surface area contributed by atoms with Crippen molar-refractivity contribution in [1.29, 1.82) is 0 Å². The summed E-state index contributed by atoms with van der Waals surface area (Å²) in [6.07, 6.45) is 4.46. The summed E-state index contributed by atoms with van der Waals surface area (Å²) in [5.74, 6) is 0. The molecule has 0 saturated carbocycles. The molecule has 0 saturated heterocycles. The molecule has 0 aliphatic carbocycles. The van der Waals surface area contributed by atoms with E-state index in [0.29, 0.717) is 0 Å². The summed E-state index contributed by atoms with van der Waals surface area (Å²) < 4.78 is 0. The van der Waals surface area contributed by atoms with Crippen LogP contribution in [-0.4, -0.2) is 12.3 Å². The van der Waals surface area contributed by atoms with Gasteiger partial charge in [-0.1, -0.05) is 0 Å². The van der Waals surface area contributed by atoms with Crippen LogP contribution in [0.1, 0.15) is 12.8 Å². The first kappa shape index (κ1) is 27.0. The van der Waals surface area contributed by atoms with Gasteiger partial charge >= 0.3 is 226 Å². The Morgan fingerprint density at radius 2 is 0.686 bits per heavy atom. The Morgan fingerprint density at radius 3 is 0.943 bits per heavy atom. The van der Waals surface area contributed by atoms with Crippen molar-refractivity contribution >= 4 is 56.1 Å². The maximum absolute atomic E-state index is 7.02. The molecule has 5 heteroatoms. The topological polar surface area (TPSA) is 0 Å². The normalized spacial score (nSPS) is 12.2. The number of hydrogen-bond donors (Lipinski definition) is 0. The monoisotopic (exact) mass is 630 g/mol.